The van der Waals surface area contributed by atoms with Crippen LogP contribution in [0, 0.1) is 5.92 Å². The number of aliphatic hydroxyl groups is 1. The van der Waals surface area contributed by atoms with E-state index in [4.69, 9.17) is 9.16 Å². The quantitative estimate of drug-likeness (QED) is 0.356. The summed E-state index contributed by atoms with van der Waals surface area (Å²) >= 11 is 0. The van der Waals surface area contributed by atoms with Crippen molar-refractivity contribution in [2.24, 2.45) is 5.92 Å². The molecule has 0 heterocycles. The Balaban J connectivity index is 2.42. The first-order valence-corrected chi connectivity index (χ1v) is 12.5. The van der Waals surface area contributed by atoms with Gasteiger partial charge in [-0.15, -0.1) is 0 Å². The Morgan fingerprint density at radius 2 is 1.78 bits per heavy atom. The highest BCUT2D eigenvalue weighted by Crippen LogP contribution is 2.36. The second kappa shape index (κ2) is 9.67. The molecular weight excluding hydrogens is 356 g/mol. The molecule has 0 amide bonds. The van der Waals surface area contributed by atoms with Gasteiger partial charge in [-0.2, -0.15) is 0 Å². The lowest BCUT2D eigenvalue weighted by molar-refractivity contribution is 0.00418. The SMILES string of the molecule is C[C@H](C/C=C/[C@](C)(O)COC(=O)c1ccccc1)CO[Si](C)(C)C(C)(C)C. The summed E-state index contributed by atoms with van der Waals surface area (Å²) in [5, 5.41) is 10.6. The summed E-state index contributed by atoms with van der Waals surface area (Å²) in [6, 6.07) is 8.78. The molecule has 0 spiro atoms. The van der Waals surface area contributed by atoms with Crippen LogP contribution in [0.1, 0.15) is 51.4 Å². The molecule has 1 N–H and O–H groups in total. The standard InChI is InChI=1S/C22H36O4Si/c1-18(16-26-27(6,7)21(2,3)4)12-11-15-22(5,24)17-25-20(23)19-13-9-8-10-14-19/h8-11,13-15,18,24H,12,16-17H2,1-7H3/b15-11+/t18-,22+/m1/s1. The minimum atomic E-state index is -1.73. The second-order valence-electron chi connectivity index (χ2n) is 9.11. The van der Waals surface area contributed by atoms with Crippen molar-refractivity contribution in [2.75, 3.05) is 13.2 Å². The number of rotatable bonds is 9. The first-order chi connectivity index (χ1) is 12.3. The van der Waals surface area contributed by atoms with Gasteiger partial charge in [0.05, 0.1) is 5.56 Å². The smallest absolute Gasteiger partial charge is 0.338 e. The monoisotopic (exact) mass is 392 g/mol. The first-order valence-electron chi connectivity index (χ1n) is 9.60. The van der Waals surface area contributed by atoms with Gasteiger partial charge < -0.3 is 14.3 Å². The van der Waals surface area contributed by atoms with E-state index in [0.29, 0.717) is 18.1 Å². The zero-order valence-electron chi connectivity index (χ0n) is 17.9. The number of hydrogen-bond donors (Lipinski definition) is 1. The molecule has 5 heteroatoms. The lowest BCUT2D eigenvalue weighted by Gasteiger charge is -2.37. The Bertz CT molecular complexity index is 615. The molecule has 4 nitrogen and oxygen atoms in total. The molecule has 0 saturated carbocycles. The Labute approximate surface area is 165 Å². The predicted octanol–water partition coefficient (Wildman–Crippen LogP) is 5.20. The normalized spacial score (nSPS) is 16.1. The maximum absolute atomic E-state index is 12.0. The first kappa shape index (κ1) is 23.6. The average Bonchev–Trinajstić information content (AvgIpc) is 2.57. The molecule has 1 aromatic carbocycles. The summed E-state index contributed by atoms with van der Waals surface area (Å²) in [5.74, 6) is -0.0709. The van der Waals surface area contributed by atoms with Crippen molar-refractivity contribution in [2.45, 2.75) is 64.8 Å². The Hall–Kier alpha value is -1.43. The number of benzene rings is 1. The van der Waals surface area contributed by atoms with Gasteiger partial charge in [0.15, 0.2) is 8.32 Å². The predicted molar refractivity (Wildman–Crippen MR) is 113 cm³/mol. The fraction of sp³-hybridized carbons (Fsp3) is 0.591. The van der Waals surface area contributed by atoms with Gasteiger partial charge in [-0.25, -0.2) is 4.79 Å². The van der Waals surface area contributed by atoms with Crippen molar-refractivity contribution in [3.63, 3.8) is 0 Å². The van der Waals surface area contributed by atoms with Gasteiger partial charge in [0.1, 0.15) is 12.2 Å². The fourth-order valence-corrected chi connectivity index (χ4v) is 3.24. The van der Waals surface area contributed by atoms with E-state index in [2.05, 4.69) is 40.8 Å². The minimum absolute atomic E-state index is 0.0773. The van der Waals surface area contributed by atoms with Gasteiger partial charge in [0, 0.05) is 6.61 Å². The van der Waals surface area contributed by atoms with Crippen LogP contribution in [0.5, 0.6) is 0 Å². The highest BCUT2D eigenvalue weighted by Gasteiger charge is 2.37. The molecule has 0 aromatic heterocycles. The Morgan fingerprint density at radius 1 is 1.19 bits per heavy atom. The molecular formula is C22H36O4Si. The third-order valence-corrected chi connectivity index (χ3v) is 9.56. The van der Waals surface area contributed by atoms with Crippen molar-refractivity contribution >= 4 is 14.3 Å². The van der Waals surface area contributed by atoms with Crippen molar-refractivity contribution in [3.05, 3.63) is 48.0 Å². The third-order valence-electron chi connectivity index (χ3n) is 5.06. The van der Waals surface area contributed by atoms with E-state index in [0.717, 1.165) is 6.42 Å². The highest BCUT2D eigenvalue weighted by molar-refractivity contribution is 6.74. The lowest BCUT2D eigenvalue weighted by atomic mass is 10.0. The highest BCUT2D eigenvalue weighted by atomic mass is 28.4. The molecule has 152 valence electrons. The molecule has 0 aliphatic carbocycles. The number of carbonyl (C=O) groups excluding carboxylic acids is 1. The van der Waals surface area contributed by atoms with Crippen LogP contribution >= 0.6 is 0 Å². The summed E-state index contributed by atoms with van der Waals surface area (Å²) < 4.78 is 11.5. The van der Waals surface area contributed by atoms with Crippen LogP contribution in [0.3, 0.4) is 0 Å². The number of allylic oxidation sites excluding steroid dienone is 1. The van der Waals surface area contributed by atoms with Crippen molar-refractivity contribution in [1.82, 2.24) is 0 Å². The second-order valence-corrected chi connectivity index (χ2v) is 13.9. The van der Waals surface area contributed by atoms with Crippen molar-refractivity contribution in [3.8, 4) is 0 Å². The summed E-state index contributed by atoms with van der Waals surface area (Å²) in [6.45, 7) is 15.6. The molecule has 0 saturated heterocycles. The van der Waals surface area contributed by atoms with Crippen LogP contribution in [-0.2, 0) is 9.16 Å². The molecule has 0 unspecified atom stereocenters. The molecule has 2 atom stereocenters. The fourth-order valence-electron chi connectivity index (χ4n) is 2.11. The van der Waals surface area contributed by atoms with Gasteiger partial charge >= 0.3 is 5.97 Å². The summed E-state index contributed by atoms with van der Waals surface area (Å²) in [7, 11) is -1.73. The van der Waals surface area contributed by atoms with Crippen LogP contribution < -0.4 is 0 Å². The van der Waals surface area contributed by atoms with Crippen LogP contribution in [0.4, 0.5) is 0 Å². The zero-order valence-corrected chi connectivity index (χ0v) is 18.9. The number of esters is 1. The molecule has 1 aromatic rings. The molecule has 0 radical (unpaired) electrons. The zero-order chi connectivity index (χ0) is 20.7. The van der Waals surface area contributed by atoms with E-state index < -0.39 is 19.9 Å². The largest absolute Gasteiger partial charge is 0.459 e. The lowest BCUT2D eigenvalue weighted by Crippen LogP contribution is -2.41. The van der Waals surface area contributed by atoms with E-state index in [1.54, 1.807) is 37.3 Å². The number of hydrogen-bond acceptors (Lipinski definition) is 4. The molecule has 0 aliphatic heterocycles. The van der Waals surface area contributed by atoms with Gasteiger partial charge in [-0.3, -0.25) is 0 Å². The van der Waals surface area contributed by atoms with Crippen molar-refractivity contribution in [1.29, 1.82) is 0 Å². The maximum Gasteiger partial charge on any atom is 0.338 e. The van der Waals surface area contributed by atoms with Gasteiger partial charge in [-0.05, 0) is 49.5 Å². The molecule has 0 bridgehead atoms. The van der Waals surface area contributed by atoms with Crippen LogP contribution in [0.2, 0.25) is 18.1 Å². The van der Waals surface area contributed by atoms with Gasteiger partial charge in [-0.1, -0.05) is 58.0 Å². The van der Waals surface area contributed by atoms with E-state index >= 15 is 0 Å². The van der Waals surface area contributed by atoms with Crippen molar-refractivity contribution < 1.29 is 19.1 Å². The average molecular weight is 393 g/mol. The molecule has 1 rings (SSSR count). The minimum Gasteiger partial charge on any atom is -0.459 e. The van der Waals surface area contributed by atoms with Gasteiger partial charge in [0.2, 0.25) is 0 Å². The summed E-state index contributed by atoms with van der Waals surface area (Å²) in [4.78, 5) is 12.0. The maximum atomic E-state index is 12.0. The Morgan fingerprint density at radius 3 is 2.33 bits per heavy atom. The van der Waals surface area contributed by atoms with Crippen LogP contribution in [0.25, 0.3) is 0 Å². The number of carbonyl (C=O) groups is 1. The van der Waals surface area contributed by atoms with E-state index in [9.17, 15) is 9.90 Å². The third kappa shape index (κ3) is 8.41. The van der Waals surface area contributed by atoms with E-state index in [-0.39, 0.29) is 11.6 Å². The van der Waals surface area contributed by atoms with Crippen LogP contribution in [0.15, 0.2) is 42.5 Å². The Kier molecular flexibility index (Phi) is 8.45. The number of ether oxygens (including phenoxy) is 1. The van der Waals surface area contributed by atoms with E-state index in [1.807, 2.05) is 12.1 Å². The summed E-state index contributed by atoms with van der Waals surface area (Å²) in [6.07, 6.45) is 4.45. The molecule has 27 heavy (non-hydrogen) atoms. The van der Waals surface area contributed by atoms with E-state index in [1.165, 1.54) is 0 Å². The molecule has 0 aliphatic rings. The molecule has 0 fully saturated rings. The van der Waals surface area contributed by atoms with Crippen LogP contribution in [-0.4, -0.2) is 38.2 Å². The topological polar surface area (TPSA) is 55.8 Å². The summed E-state index contributed by atoms with van der Waals surface area (Å²) in [5.41, 5.74) is -0.710. The van der Waals surface area contributed by atoms with Gasteiger partial charge in [0.25, 0.3) is 0 Å².